The number of aryl methyl sites for hydroxylation is 1. The number of furan rings is 1. The molecule has 1 fully saturated rings. The molecule has 1 saturated heterocycles. The van der Waals surface area contributed by atoms with E-state index in [0.717, 1.165) is 5.39 Å². The van der Waals surface area contributed by atoms with Gasteiger partial charge in [-0.05, 0) is 13.0 Å². The summed E-state index contributed by atoms with van der Waals surface area (Å²) in [5.41, 5.74) is 1.09. The van der Waals surface area contributed by atoms with E-state index in [0.29, 0.717) is 22.8 Å². The van der Waals surface area contributed by atoms with Crippen LogP contribution >= 0.6 is 11.6 Å². The van der Waals surface area contributed by atoms with Gasteiger partial charge in [-0.1, -0.05) is 23.7 Å². The summed E-state index contributed by atoms with van der Waals surface area (Å²) in [6, 6.07) is 4.25. The number of rotatable bonds is 2. The summed E-state index contributed by atoms with van der Waals surface area (Å²) in [5, 5.41) is 10.4. The van der Waals surface area contributed by atoms with Crippen LogP contribution in [0.1, 0.15) is 16.1 Å². The van der Waals surface area contributed by atoms with Crippen LogP contribution in [-0.2, 0) is 9.53 Å². The van der Waals surface area contributed by atoms with Crippen LogP contribution in [0.3, 0.4) is 0 Å². The quantitative estimate of drug-likeness (QED) is 0.917. The SMILES string of the molecule is Cc1c(C(=O)N2CCOCC2C(=O)O)oc2c(Cl)cccc12. The van der Waals surface area contributed by atoms with Crippen molar-refractivity contribution in [1.82, 2.24) is 4.90 Å². The molecule has 116 valence electrons. The Morgan fingerprint density at radius 2 is 2.18 bits per heavy atom. The van der Waals surface area contributed by atoms with Crippen molar-refractivity contribution in [2.24, 2.45) is 0 Å². The normalized spacial score (nSPS) is 18.6. The lowest BCUT2D eigenvalue weighted by atomic mass is 10.1. The number of carbonyl (C=O) groups is 2. The topological polar surface area (TPSA) is 80.0 Å². The highest BCUT2D eigenvalue weighted by atomic mass is 35.5. The van der Waals surface area contributed by atoms with Gasteiger partial charge in [-0.25, -0.2) is 4.79 Å². The van der Waals surface area contributed by atoms with Crippen molar-refractivity contribution >= 4 is 34.4 Å². The van der Waals surface area contributed by atoms with Gasteiger partial charge in [0.25, 0.3) is 5.91 Å². The lowest BCUT2D eigenvalue weighted by Gasteiger charge is -2.32. The molecular weight excluding hydrogens is 310 g/mol. The highest BCUT2D eigenvalue weighted by Crippen LogP contribution is 2.31. The number of carbonyl (C=O) groups excluding carboxylic acids is 1. The van der Waals surface area contributed by atoms with Crippen LogP contribution in [-0.4, -0.2) is 47.7 Å². The highest BCUT2D eigenvalue weighted by molar-refractivity contribution is 6.35. The summed E-state index contributed by atoms with van der Waals surface area (Å²) >= 11 is 6.08. The molecule has 1 unspecified atom stereocenters. The van der Waals surface area contributed by atoms with Gasteiger partial charge in [0.15, 0.2) is 17.4 Å². The molecule has 22 heavy (non-hydrogen) atoms. The van der Waals surface area contributed by atoms with Gasteiger partial charge >= 0.3 is 5.97 Å². The summed E-state index contributed by atoms with van der Waals surface area (Å²) in [5.74, 6) is -1.43. The molecule has 0 saturated carbocycles. The van der Waals surface area contributed by atoms with Crippen molar-refractivity contribution in [1.29, 1.82) is 0 Å². The summed E-state index contributed by atoms with van der Waals surface area (Å²) in [6.45, 7) is 2.24. The Hall–Kier alpha value is -2.05. The third kappa shape index (κ3) is 2.34. The average Bonchev–Trinajstić information content (AvgIpc) is 2.85. The maximum atomic E-state index is 12.7. The predicted octanol–water partition coefficient (Wildman–Crippen LogP) is 2.32. The van der Waals surface area contributed by atoms with Gasteiger partial charge in [-0.3, -0.25) is 4.79 Å². The van der Waals surface area contributed by atoms with Gasteiger partial charge in [0.2, 0.25) is 0 Å². The van der Waals surface area contributed by atoms with Gasteiger partial charge in [0, 0.05) is 17.5 Å². The lowest BCUT2D eigenvalue weighted by molar-refractivity contribution is -0.147. The summed E-state index contributed by atoms with van der Waals surface area (Å²) in [4.78, 5) is 25.2. The number of hydrogen-bond donors (Lipinski definition) is 1. The minimum atomic E-state index is -1.10. The van der Waals surface area contributed by atoms with E-state index in [4.69, 9.17) is 20.8 Å². The fraction of sp³-hybridized carbons (Fsp3) is 0.333. The van der Waals surface area contributed by atoms with Gasteiger partial charge in [-0.15, -0.1) is 0 Å². The molecule has 0 bridgehead atoms. The highest BCUT2D eigenvalue weighted by Gasteiger charge is 2.35. The van der Waals surface area contributed by atoms with E-state index >= 15 is 0 Å². The number of aliphatic carboxylic acids is 1. The molecule has 1 aliphatic rings. The van der Waals surface area contributed by atoms with Gasteiger partial charge in [0.1, 0.15) is 0 Å². The minimum Gasteiger partial charge on any atom is -0.480 e. The number of hydrogen-bond acceptors (Lipinski definition) is 4. The Labute approximate surface area is 131 Å². The summed E-state index contributed by atoms with van der Waals surface area (Å²) in [7, 11) is 0. The Balaban J connectivity index is 2.03. The van der Waals surface area contributed by atoms with Crippen LogP contribution < -0.4 is 0 Å². The summed E-state index contributed by atoms with van der Waals surface area (Å²) in [6.07, 6.45) is 0. The molecule has 2 aromatic rings. The van der Waals surface area contributed by atoms with E-state index in [1.165, 1.54) is 4.90 Å². The number of ether oxygens (including phenoxy) is 1. The molecule has 1 N–H and O–H groups in total. The van der Waals surface area contributed by atoms with Crippen molar-refractivity contribution < 1.29 is 23.8 Å². The monoisotopic (exact) mass is 323 g/mol. The zero-order valence-corrected chi connectivity index (χ0v) is 12.6. The van der Waals surface area contributed by atoms with E-state index in [-0.39, 0.29) is 18.9 Å². The second-order valence-electron chi connectivity index (χ2n) is 5.10. The molecule has 1 aromatic carbocycles. The average molecular weight is 324 g/mol. The number of halogens is 1. The number of amides is 1. The Kier molecular flexibility index (Phi) is 3.80. The van der Waals surface area contributed by atoms with Crippen LogP contribution in [0.25, 0.3) is 11.0 Å². The van der Waals surface area contributed by atoms with Gasteiger partial charge in [0.05, 0.1) is 18.2 Å². The number of morpholine rings is 1. The van der Waals surface area contributed by atoms with Crippen LogP contribution in [0, 0.1) is 6.92 Å². The number of fused-ring (bicyclic) bond motifs is 1. The first-order valence-corrected chi connectivity index (χ1v) is 7.17. The van der Waals surface area contributed by atoms with E-state index < -0.39 is 17.9 Å². The first-order chi connectivity index (χ1) is 10.5. The number of benzene rings is 1. The summed E-state index contributed by atoms with van der Waals surface area (Å²) < 4.78 is 10.8. The molecule has 0 radical (unpaired) electrons. The smallest absolute Gasteiger partial charge is 0.328 e. The first-order valence-electron chi connectivity index (χ1n) is 6.80. The second kappa shape index (κ2) is 5.62. The molecule has 1 amide bonds. The maximum Gasteiger partial charge on any atom is 0.328 e. The van der Waals surface area contributed by atoms with Gasteiger partial charge < -0.3 is 19.2 Å². The van der Waals surface area contributed by atoms with Gasteiger partial charge in [-0.2, -0.15) is 0 Å². The Morgan fingerprint density at radius 1 is 1.41 bits per heavy atom. The molecule has 3 rings (SSSR count). The van der Waals surface area contributed by atoms with E-state index in [1.807, 2.05) is 6.07 Å². The standard InChI is InChI=1S/C15H14ClNO5/c1-8-9-3-2-4-10(16)13(9)22-12(8)14(18)17-5-6-21-7-11(17)15(19)20/h2-4,11H,5-7H2,1H3,(H,19,20). The van der Waals surface area contributed by atoms with Crippen molar-refractivity contribution in [3.63, 3.8) is 0 Å². The largest absolute Gasteiger partial charge is 0.480 e. The van der Waals surface area contributed by atoms with Crippen LogP contribution in [0.2, 0.25) is 5.02 Å². The number of para-hydroxylation sites is 1. The van der Waals surface area contributed by atoms with Crippen LogP contribution in [0.5, 0.6) is 0 Å². The minimum absolute atomic E-state index is 0.0267. The zero-order chi connectivity index (χ0) is 15.9. The van der Waals surface area contributed by atoms with Crippen molar-refractivity contribution in [2.45, 2.75) is 13.0 Å². The lowest BCUT2D eigenvalue weighted by Crippen LogP contribution is -2.52. The van der Waals surface area contributed by atoms with Crippen molar-refractivity contribution in [2.75, 3.05) is 19.8 Å². The maximum absolute atomic E-state index is 12.7. The third-order valence-electron chi connectivity index (χ3n) is 3.78. The molecule has 1 atom stereocenters. The molecule has 6 nitrogen and oxygen atoms in total. The second-order valence-corrected chi connectivity index (χ2v) is 5.51. The third-order valence-corrected chi connectivity index (χ3v) is 4.08. The molecule has 1 aliphatic heterocycles. The molecule has 1 aromatic heterocycles. The fourth-order valence-corrected chi connectivity index (χ4v) is 2.81. The van der Waals surface area contributed by atoms with Crippen molar-refractivity contribution in [3.8, 4) is 0 Å². The number of carboxylic acid groups (broad SMARTS) is 1. The Bertz CT molecular complexity index is 754. The Morgan fingerprint density at radius 3 is 2.86 bits per heavy atom. The molecular formula is C15H14ClNO5. The predicted molar refractivity (Wildman–Crippen MR) is 79.2 cm³/mol. The van der Waals surface area contributed by atoms with E-state index in [1.54, 1.807) is 19.1 Å². The molecule has 2 heterocycles. The zero-order valence-electron chi connectivity index (χ0n) is 11.8. The number of nitrogens with zero attached hydrogens (tertiary/aromatic N) is 1. The molecule has 7 heteroatoms. The van der Waals surface area contributed by atoms with Crippen molar-refractivity contribution in [3.05, 3.63) is 34.5 Å². The van der Waals surface area contributed by atoms with Crippen LogP contribution in [0.4, 0.5) is 0 Å². The van der Waals surface area contributed by atoms with Crippen LogP contribution in [0.15, 0.2) is 22.6 Å². The first kappa shape index (κ1) is 14.9. The molecule has 0 aliphatic carbocycles. The molecule has 0 spiro atoms. The van der Waals surface area contributed by atoms with E-state index in [9.17, 15) is 14.7 Å². The number of carboxylic acids is 1. The van der Waals surface area contributed by atoms with E-state index in [2.05, 4.69) is 0 Å². The fourth-order valence-electron chi connectivity index (χ4n) is 2.59.